The van der Waals surface area contributed by atoms with Crippen LogP contribution in [0.2, 0.25) is 0 Å². The monoisotopic (exact) mass is 250 g/mol. The fourth-order valence-electron chi connectivity index (χ4n) is 1.72. The minimum Gasteiger partial charge on any atom is -0.324 e. The average molecular weight is 250 g/mol. The molecule has 0 unspecified atom stereocenters. The number of hydrogen-bond donors (Lipinski definition) is 0. The first-order chi connectivity index (χ1) is 8.08. The quantitative estimate of drug-likeness (QED) is 0.497. The maximum Gasteiger partial charge on any atom is 0.0819 e. The van der Waals surface area contributed by atoms with Gasteiger partial charge in [0.25, 0.3) is 0 Å². The highest BCUT2D eigenvalue weighted by atomic mass is 31.2. The Kier molecular flexibility index (Phi) is 6.29. The molecule has 0 aliphatic heterocycles. The predicted octanol–water partition coefficient (Wildman–Crippen LogP) is 4.88. The Morgan fingerprint density at radius 3 is 2.41 bits per heavy atom. The minimum absolute atomic E-state index is 0.898. The largest absolute Gasteiger partial charge is 0.324 e. The molecule has 1 nitrogen and oxygen atoms in total. The molecule has 0 amide bonds. The first kappa shape index (κ1) is 14.3. The van der Waals surface area contributed by atoms with Gasteiger partial charge in [0.15, 0.2) is 0 Å². The smallest absolute Gasteiger partial charge is 0.0819 e. The third kappa shape index (κ3) is 7.99. The van der Waals surface area contributed by atoms with E-state index >= 15 is 0 Å². The topological polar surface area (TPSA) is 17.1 Å². The lowest BCUT2D eigenvalue weighted by molar-refractivity contribution is 0.578. The number of rotatable bonds is 7. The maximum absolute atomic E-state index is 11.5. The molecule has 17 heavy (non-hydrogen) atoms. The van der Waals surface area contributed by atoms with Crippen molar-refractivity contribution in [1.82, 2.24) is 0 Å². The molecule has 0 aliphatic carbocycles. The normalized spacial score (nSPS) is 12.1. The first-order valence-corrected chi connectivity index (χ1v) is 9.12. The molecule has 0 saturated heterocycles. The van der Waals surface area contributed by atoms with Crippen molar-refractivity contribution in [2.24, 2.45) is 0 Å². The second-order valence-corrected chi connectivity index (χ2v) is 8.55. The summed E-state index contributed by atoms with van der Waals surface area (Å²) in [6.07, 6.45) is 9.90. The van der Waals surface area contributed by atoms with Crippen molar-refractivity contribution in [3.8, 4) is 0 Å². The van der Waals surface area contributed by atoms with Crippen LogP contribution in [0.25, 0.3) is 6.08 Å². The van der Waals surface area contributed by atoms with Gasteiger partial charge in [-0.1, -0.05) is 48.9 Å². The van der Waals surface area contributed by atoms with Crippen LogP contribution in [0.5, 0.6) is 0 Å². The van der Waals surface area contributed by atoms with Gasteiger partial charge in [-0.15, -0.1) is 0 Å². The van der Waals surface area contributed by atoms with Crippen LogP contribution in [0.3, 0.4) is 0 Å². The second kappa shape index (κ2) is 7.50. The van der Waals surface area contributed by atoms with E-state index in [2.05, 4.69) is 36.4 Å². The molecule has 1 rings (SSSR count). The standard InChI is InChI=1S/C15H23OP/c1-17(2,16)14-10-5-3-4-7-11-15-12-8-6-9-13-15/h6-9,11-13H,3-5,10,14H2,1-2H3. The van der Waals surface area contributed by atoms with E-state index in [-0.39, 0.29) is 0 Å². The average Bonchev–Trinajstić information content (AvgIpc) is 2.28. The lowest BCUT2D eigenvalue weighted by Crippen LogP contribution is -1.86. The molecular formula is C15H23OP. The molecule has 0 aliphatic rings. The Hall–Kier alpha value is -0.810. The van der Waals surface area contributed by atoms with E-state index in [0.717, 1.165) is 19.0 Å². The fraction of sp³-hybridized carbons (Fsp3) is 0.467. The molecule has 1 aromatic rings. The van der Waals surface area contributed by atoms with Crippen molar-refractivity contribution in [2.45, 2.75) is 25.7 Å². The van der Waals surface area contributed by atoms with E-state index in [1.54, 1.807) is 0 Å². The Labute approximate surface area is 105 Å². The third-order valence-electron chi connectivity index (χ3n) is 2.68. The van der Waals surface area contributed by atoms with Gasteiger partial charge in [-0.05, 0) is 38.2 Å². The van der Waals surface area contributed by atoms with Gasteiger partial charge in [-0.2, -0.15) is 0 Å². The van der Waals surface area contributed by atoms with Crippen molar-refractivity contribution < 1.29 is 4.57 Å². The van der Waals surface area contributed by atoms with Gasteiger partial charge in [-0.25, -0.2) is 0 Å². The summed E-state index contributed by atoms with van der Waals surface area (Å²) in [5.74, 6) is 0. The van der Waals surface area contributed by atoms with E-state index in [4.69, 9.17) is 0 Å². The molecule has 2 heteroatoms. The highest BCUT2D eigenvalue weighted by Crippen LogP contribution is 2.36. The van der Waals surface area contributed by atoms with Gasteiger partial charge in [0, 0.05) is 6.16 Å². The zero-order valence-corrected chi connectivity index (χ0v) is 11.8. The third-order valence-corrected chi connectivity index (χ3v) is 4.07. The Bertz CT molecular complexity index is 375. The molecule has 0 radical (unpaired) electrons. The van der Waals surface area contributed by atoms with Crippen LogP contribution in [0, 0.1) is 0 Å². The minimum atomic E-state index is -1.79. The van der Waals surface area contributed by atoms with Crippen molar-refractivity contribution in [3.05, 3.63) is 42.0 Å². The molecule has 0 bridgehead atoms. The van der Waals surface area contributed by atoms with Crippen LogP contribution in [-0.2, 0) is 4.57 Å². The van der Waals surface area contributed by atoms with E-state index in [9.17, 15) is 4.57 Å². The molecule has 0 atom stereocenters. The SMILES string of the molecule is CP(C)(=O)CCCCCC=Cc1ccccc1. The van der Waals surface area contributed by atoms with E-state index in [1.807, 2.05) is 19.4 Å². The van der Waals surface area contributed by atoms with Gasteiger partial charge >= 0.3 is 0 Å². The van der Waals surface area contributed by atoms with Crippen LogP contribution in [-0.4, -0.2) is 19.5 Å². The molecular weight excluding hydrogens is 227 g/mol. The molecule has 1 aromatic carbocycles. The number of allylic oxidation sites excluding steroid dienone is 1. The van der Waals surface area contributed by atoms with Crippen molar-refractivity contribution in [2.75, 3.05) is 19.5 Å². The Morgan fingerprint density at radius 2 is 1.76 bits per heavy atom. The molecule has 0 heterocycles. The summed E-state index contributed by atoms with van der Waals surface area (Å²) in [4.78, 5) is 0. The van der Waals surface area contributed by atoms with E-state index in [0.29, 0.717) is 0 Å². The summed E-state index contributed by atoms with van der Waals surface area (Å²) in [5, 5.41) is 0. The van der Waals surface area contributed by atoms with Crippen LogP contribution in [0.15, 0.2) is 36.4 Å². The molecule has 0 saturated carbocycles. The van der Waals surface area contributed by atoms with E-state index < -0.39 is 7.14 Å². The van der Waals surface area contributed by atoms with Gasteiger partial charge in [0.2, 0.25) is 0 Å². The van der Waals surface area contributed by atoms with Crippen molar-refractivity contribution >= 4 is 13.2 Å². The summed E-state index contributed by atoms with van der Waals surface area (Å²) >= 11 is 0. The summed E-state index contributed by atoms with van der Waals surface area (Å²) in [7, 11) is -1.79. The van der Waals surface area contributed by atoms with Crippen LogP contribution >= 0.6 is 7.14 Å². The van der Waals surface area contributed by atoms with Gasteiger partial charge in [0.1, 0.15) is 0 Å². The van der Waals surface area contributed by atoms with Crippen LogP contribution in [0.4, 0.5) is 0 Å². The summed E-state index contributed by atoms with van der Waals surface area (Å²) in [6.45, 7) is 3.75. The second-order valence-electron chi connectivity index (χ2n) is 4.96. The highest BCUT2D eigenvalue weighted by molar-refractivity contribution is 7.62. The Morgan fingerprint density at radius 1 is 1.06 bits per heavy atom. The van der Waals surface area contributed by atoms with Gasteiger partial charge in [0.05, 0.1) is 7.14 Å². The fourth-order valence-corrected chi connectivity index (χ4v) is 2.70. The lowest BCUT2D eigenvalue weighted by atomic mass is 10.1. The zero-order chi connectivity index (χ0) is 12.6. The maximum atomic E-state index is 11.5. The molecule has 0 spiro atoms. The number of hydrogen-bond acceptors (Lipinski definition) is 1. The zero-order valence-electron chi connectivity index (χ0n) is 10.9. The lowest BCUT2D eigenvalue weighted by Gasteiger charge is -2.04. The summed E-state index contributed by atoms with van der Waals surface area (Å²) in [5.41, 5.74) is 1.26. The Balaban J connectivity index is 2.09. The van der Waals surface area contributed by atoms with Gasteiger partial charge < -0.3 is 4.57 Å². The van der Waals surface area contributed by atoms with Crippen molar-refractivity contribution in [3.63, 3.8) is 0 Å². The van der Waals surface area contributed by atoms with Gasteiger partial charge in [-0.3, -0.25) is 0 Å². The molecule has 0 fully saturated rings. The molecule has 94 valence electrons. The summed E-state index contributed by atoms with van der Waals surface area (Å²) in [6, 6.07) is 10.4. The molecule has 0 aromatic heterocycles. The highest BCUT2D eigenvalue weighted by Gasteiger charge is 2.04. The van der Waals surface area contributed by atoms with Crippen molar-refractivity contribution in [1.29, 1.82) is 0 Å². The molecule has 0 N–H and O–H groups in total. The van der Waals surface area contributed by atoms with E-state index in [1.165, 1.54) is 18.4 Å². The van der Waals surface area contributed by atoms with Crippen LogP contribution < -0.4 is 0 Å². The van der Waals surface area contributed by atoms with Crippen LogP contribution in [0.1, 0.15) is 31.2 Å². The number of benzene rings is 1. The predicted molar refractivity (Wildman–Crippen MR) is 78.3 cm³/mol. The first-order valence-electron chi connectivity index (χ1n) is 6.33. The number of unbranched alkanes of at least 4 members (excludes halogenated alkanes) is 3. The summed E-state index contributed by atoms with van der Waals surface area (Å²) < 4.78 is 11.5.